The Kier molecular flexibility index (Phi) is 6.09. The third-order valence-electron chi connectivity index (χ3n) is 5.80. The summed E-state index contributed by atoms with van der Waals surface area (Å²) in [6.07, 6.45) is 3.34. The number of rotatable bonds is 7. The first-order valence-electron chi connectivity index (χ1n) is 10.7. The SMILES string of the molecule is CCS(=O)(=O)N(CC(=O)N[C@@H](C)c1ccc2c(c1)CCC2)c1ccc2c(c1)OCCO2. The second-order valence-electron chi connectivity index (χ2n) is 7.91. The van der Waals surface area contributed by atoms with Gasteiger partial charge in [0, 0.05) is 6.07 Å². The molecule has 31 heavy (non-hydrogen) atoms. The molecule has 8 heteroatoms. The first kappa shape index (κ1) is 21.5. The summed E-state index contributed by atoms with van der Waals surface area (Å²) in [5, 5.41) is 2.95. The fourth-order valence-corrected chi connectivity index (χ4v) is 5.12. The molecule has 1 atom stereocenters. The van der Waals surface area contributed by atoms with Crippen LogP contribution in [0.1, 0.15) is 43.0 Å². The van der Waals surface area contributed by atoms with E-state index in [0.717, 1.165) is 22.7 Å². The quantitative estimate of drug-likeness (QED) is 0.710. The number of amides is 1. The highest BCUT2D eigenvalue weighted by atomic mass is 32.2. The number of hydrogen-bond donors (Lipinski definition) is 1. The molecule has 0 bridgehead atoms. The Morgan fingerprint density at radius 2 is 1.81 bits per heavy atom. The summed E-state index contributed by atoms with van der Waals surface area (Å²) in [4.78, 5) is 12.8. The Balaban J connectivity index is 1.51. The molecule has 166 valence electrons. The number of carbonyl (C=O) groups excluding carboxylic acids is 1. The average Bonchev–Trinajstić information content (AvgIpc) is 3.25. The van der Waals surface area contributed by atoms with Crippen molar-refractivity contribution in [3.63, 3.8) is 0 Å². The summed E-state index contributed by atoms with van der Waals surface area (Å²) < 4.78 is 37.7. The van der Waals surface area contributed by atoms with Gasteiger partial charge in [-0.15, -0.1) is 0 Å². The van der Waals surface area contributed by atoms with Crippen LogP contribution in [0.4, 0.5) is 5.69 Å². The molecule has 1 heterocycles. The molecule has 0 saturated heterocycles. The highest BCUT2D eigenvalue weighted by Crippen LogP contribution is 2.35. The highest BCUT2D eigenvalue weighted by Gasteiger charge is 2.26. The monoisotopic (exact) mass is 444 g/mol. The van der Waals surface area contributed by atoms with Crippen molar-refractivity contribution in [2.45, 2.75) is 39.2 Å². The molecule has 2 aromatic rings. The van der Waals surface area contributed by atoms with Gasteiger partial charge in [-0.3, -0.25) is 9.10 Å². The van der Waals surface area contributed by atoms with E-state index in [1.54, 1.807) is 25.1 Å². The van der Waals surface area contributed by atoms with Crippen molar-refractivity contribution in [3.8, 4) is 11.5 Å². The molecule has 0 aromatic heterocycles. The molecule has 1 aliphatic carbocycles. The van der Waals surface area contributed by atoms with Crippen LogP contribution < -0.4 is 19.1 Å². The third-order valence-corrected chi connectivity index (χ3v) is 7.54. The molecular weight excluding hydrogens is 416 g/mol. The van der Waals surface area contributed by atoms with Crippen molar-refractivity contribution in [1.29, 1.82) is 0 Å². The highest BCUT2D eigenvalue weighted by molar-refractivity contribution is 7.92. The van der Waals surface area contributed by atoms with E-state index in [9.17, 15) is 13.2 Å². The van der Waals surface area contributed by atoms with E-state index in [-0.39, 0.29) is 24.2 Å². The second kappa shape index (κ2) is 8.78. The topological polar surface area (TPSA) is 84.9 Å². The van der Waals surface area contributed by atoms with E-state index >= 15 is 0 Å². The zero-order valence-electron chi connectivity index (χ0n) is 17.9. The van der Waals surface area contributed by atoms with E-state index in [2.05, 4.69) is 17.4 Å². The number of aryl methyl sites for hydroxylation is 2. The molecular formula is C23H28N2O5S. The maximum Gasteiger partial charge on any atom is 0.241 e. The number of sulfonamides is 1. The van der Waals surface area contributed by atoms with Crippen LogP contribution in [0.5, 0.6) is 11.5 Å². The predicted octanol–water partition coefficient (Wildman–Crippen LogP) is 2.98. The lowest BCUT2D eigenvalue weighted by Crippen LogP contribution is -2.42. The van der Waals surface area contributed by atoms with Crippen molar-refractivity contribution in [2.75, 3.05) is 29.8 Å². The molecule has 0 saturated carbocycles. The summed E-state index contributed by atoms with van der Waals surface area (Å²) in [7, 11) is -3.67. The average molecular weight is 445 g/mol. The molecule has 4 rings (SSSR count). The van der Waals surface area contributed by atoms with Crippen LogP contribution in [-0.4, -0.2) is 39.8 Å². The fraction of sp³-hybridized carbons (Fsp3) is 0.435. The number of fused-ring (bicyclic) bond motifs is 2. The molecule has 0 unspecified atom stereocenters. The number of hydrogen-bond acceptors (Lipinski definition) is 5. The minimum Gasteiger partial charge on any atom is -0.486 e. The summed E-state index contributed by atoms with van der Waals surface area (Å²) in [6, 6.07) is 11.0. The predicted molar refractivity (Wildman–Crippen MR) is 119 cm³/mol. The van der Waals surface area contributed by atoms with E-state index in [4.69, 9.17) is 9.47 Å². The fourth-order valence-electron chi connectivity index (χ4n) is 4.06. The van der Waals surface area contributed by atoms with Crippen LogP contribution in [0.25, 0.3) is 0 Å². The largest absolute Gasteiger partial charge is 0.486 e. The van der Waals surface area contributed by atoms with Crippen molar-refractivity contribution in [1.82, 2.24) is 5.32 Å². The minimum absolute atomic E-state index is 0.116. The first-order chi connectivity index (χ1) is 14.9. The van der Waals surface area contributed by atoms with Crippen LogP contribution in [0.15, 0.2) is 36.4 Å². The van der Waals surface area contributed by atoms with Gasteiger partial charge in [0.1, 0.15) is 19.8 Å². The molecule has 0 radical (unpaired) electrons. The zero-order chi connectivity index (χ0) is 22.0. The Morgan fingerprint density at radius 3 is 2.58 bits per heavy atom. The molecule has 0 spiro atoms. The van der Waals surface area contributed by atoms with Gasteiger partial charge in [0.25, 0.3) is 0 Å². The summed E-state index contributed by atoms with van der Waals surface area (Å²) in [6.45, 7) is 4.02. The van der Waals surface area contributed by atoms with Gasteiger partial charge in [0.2, 0.25) is 15.9 Å². The molecule has 2 aliphatic rings. The third kappa shape index (κ3) is 4.63. The van der Waals surface area contributed by atoms with Crippen molar-refractivity contribution >= 4 is 21.6 Å². The molecule has 1 N–H and O–H groups in total. The van der Waals surface area contributed by atoms with Gasteiger partial charge in [-0.25, -0.2) is 8.42 Å². The van der Waals surface area contributed by atoms with Crippen molar-refractivity contribution < 1.29 is 22.7 Å². The van der Waals surface area contributed by atoms with Gasteiger partial charge in [-0.2, -0.15) is 0 Å². The van der Waals surface area contributed by atoms with E-state index < -0.39 is 10.0 Å². The first-order valence-corrected chi connectivity index (χ1v) is 12.3. The lowest BCUT2D eigenvalue weighted by Gasteiger charge is -2.26. The van der Waals surface area contributed by atoms with Gasteiger partial charge in [-0.1, -0.05) is 18.2 Å². The maximum absolute atomic E-state index is 12.8. The summed E-state index contributed by atoms with van der Waals surface area (Å²) in [5.74, 6) is 0.570. The number of benzene rings is 2. The van der Waals surface area contributed by atoms with Crippen LogP contribution in [0, 0.1) is 0 Å². The van der Waals surface area contributed by atoms with Gasteiger partial charge in [0.05, 0.1) is 17.5 Å². The van der Waals surface area contributed by atoms with Gasteiger partial charge in [-0.05, 0) is 61.9 Å². The number of nitrogens with zero attached hydrogens (tertiary/aromatic N) is 1. The van der Waals surface area contributed by atoms with Crippen LogP contribution in [0.3, 0.4) is 0 Å². The number of nitrogens with one attached hydrogen (secondary N) is 1. The van der Waals surface area contributed by atoms with Crippen LogP contribution in [0.2, 0.25) is 0 Å². The van der Waals surface area contributed by atoms with Crippen LogP contribution in [-0.2, 0) is 27.7 Å². The lowest BCUT2D eigenvalue weighted by molar-refractivity contribution is -0.120. The van der Waals surface area contributed by atoms with Gasteiger partial charge >= 0.3 is 0 Å². The number of carbonyl (C=O) groups is 1. The lowest BCUT2D eigenvalue weighted by atomic mass is 10.0. The standard InChI is InChI=1S/C23H28N2O5S/c1-3-31(27,28)25(20-9-10-21-22(14-20)30-12-11-29-21)15-23(26)24-16(2)18-8-7-17-5-4-6-19(17)13-18/h7-10,13-14,16H,3-6,11-12,15H2,1-2H3,(H,24,26)/t16-/m0/s1. The molecule has 1 amide bonds. The van der Waals surface area contributed by atoms with E-state index in [1.807, 2.05) is 13.0 Å². The van der Waals surface area contributed by atoms with Crippen molar-refractivity contribution in [2.24, 2.45) is 0 Å². The Hall–Kier alpha value is -2.74. The zero-order valence-corrected chi connectivity index (χ0v) is 18.7. The van der Waals surface area contributed by atoms with Gasteiger partial charge < -0.3 is 14.8 Å². The molecule has 0 fully saturated rings. The van der Waals surface area contributed by atoms with E-state index in [0.29, 0.717) is 30.4 Å². The Morgan fingerprint density at radius 1 is 1.06 bits per heavy atom. The second-order valence-corrected chi connectivity index (χ2v) is 10.1. The van der Waals surface area contributed by atoms with Crippen molar-refractivity contribution in [3.05, 3.63) is 53.1 Å². The van der Waals surface area contributed by atoms with Gasteiger partial charge in [0.15, 0.2) is 11.5 Å². The number of ether oxygens (including phenoxy) is 2. The number of anilines is 1. The Labute approximate surface area is 183 Å². The Bertz CT molecular complexity index is 1080. The van der Waals surface area contributed by atoms with E-state index in [1.165, 1.54) is 17.5 Å². The summed E-state index contributed by atoms with van der Waals surface area (Å²) >= 11 is 0. The van der Waals surface area contributed by atoms with Crippen LogP contribution >= 0.6 is 0 Å². The normalized spacial score (nSPS) is 15.8. The smallest absolute Gasteiger partial charge is 0.241 e. The molecule has 7 nitrogen and oxygen atoms in total. The maximum atomic E-state index is 12.8. The molecule has 2 aromatic carbocycles. The summed E-state index contributed by atoms with van der Waals surface area (Å²) in [5.41, 5.74) is 4.12. The molecule has 1 aliphatic heterocycles. The minimum atomic E-state index is -3.67.